The number of urea groups is 1. The van der Waals surface area contributed by atoms with Gasteiger partial charge in [0, 0.05) is 38.1 Å². The van der Waals surface area contributed by atoms with E-state index in [2.05, 4.69) is 22.7 Å². The highest BCUT2D eigenvalue weighted by Gasteiger charge is 2.08. The van der Waals surface area contributed by atoms with Gasteiger partial charge in [0.1, 0.15) is 0 Å². The molecule has 0 aliphatic rings. The van der Waals surface area contributed by atoms with Gasteiger partial charge in [-0.25, -0.2) is 4.79 Å². The Labute approximate surface area is 135 Å². The molecule has 0 fully saturated rings. The van der Waals surface area contributed by atoms with E-state index in [1.54, 1.807) is 48.4 Å². The van der Waals surface area contributed by atoms with E-state index in [-0.39, 0.29) is 11.9 Å². The molecule has 0 spiro atoms. The monoisotopic (exact) mass is 315 g/mol. The first-order valence-corrected chi connectivity index (χ1v) is 7.44. The fourth-order valence-electron chi connectivity index (χ4n) is 2.05. The van der Waals surface area contributed by atoms with Crippen molar-refractivity contribution < 1.29 is 9.59 Å². The van der Waals surface area contributed by atoms with Crippen LogP contribution in [-0.2, 0) is 11.3 Å². The first-order chi connectivity index (χ1) is 11.0. The lowest BCUT2D eigenvalue weighted by Gasteiger charge is -2.16. The fourth-order valence-corrected chi connectivity index (χ4v) is 2.05. The van der Waals surface area contributed by atoms with Crippen LogP contribution in [0.25, 0.3) is 0 Å². The summed E-state index contributed by atoms with van der Waals surface area (Å²) in [4.78, 5) is 24.9. The third kappa shape index (κ3) is 4.57. The number of carbonyl (C=O) groups is 2. The highest BCUT2D eigenvalue weighted by Crippen LogP contribution is 2.18. The van der Waals surface area contributed by atoms with Gasteiger partial charge in [0.05, 0.1) is 11.9 Å². The smallest absolute Gasteiger partial charge is 0.316 e. The molecule has 2 N–H and O–H groups in total. The minimum Gasteiger partial charge on any atom is -0.316 e. The van der Waals surface area contributed by atoms with Crippen LogP contribution in [0.2, 0.25) is 0 Å². The van der Waals surface area contributed by atoms with Crippen LogP contribution in [-0.4, -0.2) is 28.8 Å². The summed E-state index contributed by atoms with van der Waals surface area (Å²) in [7, 11) is 1.68. The second-order valence-electron chi connectivity index (χ2n) is 5.20. The number of rotatable bonds is 5. The molecule has 2 rings (SSSR count). The zero-order chi connectivity index (χ0) is 16.8. The van der Waals surface area contributed by atoms with Crippen molar-refractivity contribution in [3.05, 3.63) is 36.7 Å². The van der Waals surface area contributed by atoms with Crippen molar-refractivity contribution in [2.24, 2.45) is 0 Å². The van der Waals surface area contributed by atoms with Crippen molar-refractivity contribution in [2.45, 2.75) is 26.8 Å². The predicted octanol–water partition coefficient (Wildman–Crippen LogP) is 2.92. The average Bonchev–Trinajstić information content (AvgIpc) is 2.94. The number of anilines is 3. The molecule has 0 radical (unpaired) electrons. The summed E-state index contributed by atoms with van der Waals surface area (Å²) in [6.07, 6.45) is 4.36. The first kappa shape index (κ1) is 16.5. The van der Waals surface area contributed by atoms with Gasteiger partial charge >= 0.3 is 6.03 Å². The van der Waals surface area contributed by atoms with Crippen molar-refractivity contribution in [1.29, 1.82) is 0 Å². The molecule has 1 aromatic heterocycles. The molecule has 122 valence electrons. The Bertz CT molecular complexity index is 695. The molecule has 23 heavy (non-hydrogen) atoms. The lowest BCUT2D eigenvalue weighted by atomic mass is 10.2. The Morgan fingerprint density at radius 1 is 1.26 bits per heavy atom. The molecular weight excluding hydrogens is 294 g/mol. The maximum atomic E-state index is 12.0. The largest absolute Gasteiger partial charge is 0.323 e. The molecule has 7 nitrogen and oxygen atoms in total. The molecule has 0 bridgehead atoms. The van der Waals surface area contributed by atoms with E-state index in [0.29, 0.717) is 17.1 Å². The standard InChI is InChI=1S/C16H21N5O2/c1-4-8-21-11-14(10-17-21)19-16(23)18-13-6-5-7-15(9-13)20(3)12(2)22/h5-7,9-11H,4,8H2,1-3H3,(H2,18,19,23). The maximum Gasteiger partial charge on any atom is 0.323 e. The summed E-state index contributed by atoms with van der Waals surface area (Å²) >= 11 is 0. The summed E-state index contributed by atoms with van der Waals surface area (Å²) in [5, 5.41) is 9.62. The van der Waals surface area contributed by atoms with E-state index in [4.69, 9.17) is 0 Å². The molecular formula is C16H21N5O2. The normalized spacial score (nSPS) is 10.2. The number of nitrogens with one attached hydrogen (secondary N) is 2. The quantitative estimate of drug-likeness (QED) is 0.890. The SMILES string of the molecule is CCCn1cc(NC(=O)Nc2cccc(N(C)C(C)=O)c2)cn1. The van der Waals surface area contributed by atoms with Gasteiger partial charge in [-0.1, -0.05) is 13.0 Å². The average molecular weight is 315 g/mol. The second-order valence-corrected chi connectivity index (χ2v) is 5.20. The maximum absolute atomic E-state index is 12.0. The van der Waals surface area contributed by atoms with E-state index >= 15 is 0 Å². The van der Waals surface area contributed by atoms with Crippen molar-refractivity contribution in [3.8, 4) is 0 Å². The number of amides is 3. The minimum absolute atomic E-state index is 0.0741. The number of nitrogens with zero attached hydrogens (tertiary/aromatic N) is 3. The summed E-state index contributed by atoms with van der Waals surface area (Å²) in [5.41, 5.74) is 1.95. The van der Waals surface area contributed by atoms with E-state index < -0.39 is 0 Å². The number of carbonyl (C=O) groups excluding carboxylic acids is 2. The van der Waals surface area contributed by atoms with Crippen LogP contribution in [0.4, 0.5) is 21.9 Å². The van der Waals surface area contributed by atoms with Crippen LogP contribution in [0, 0.1) is 0 Å². The molecule has 0 unspecified atom stereocenters. The Balaban J connectivity index is 1.99. The van der Waals surface area contributed by atoms with Crippen LogP contribution < -0.4 is 15.5 Å². The third-order valence-corrected chi connectivity index (χ3v) is 3.31. The Morgan fingerprint density at radius 3 is 2.70 bits per heavy atom. The lowest BCUT2D eigenvalue weighted by molar-refractivity contribution is -0.116. The van der Waals surface area contributed by atoms with Gasteiger partial charge in [-0.05, 0) is 24.6 Å². The Kier molecular flexibility index (Phi) is 5.35. The van der Waals surface area contributed by atoms with E-state index in [0.717, 1.165) is 13.0 Å². The number of hydrogen-bond donors (Lipinski definition) is 2. The van der Waals surface area contributed by atoms with E-state index in [1.165, 1.54) is 11.8 Å². The molecule has 2 aromatic rings. The molecule has 3 amide bonds. The number of aryl methyl sites for hydroxylation is 1. The summed E-state index contributed by atoms with van der Waals surface area (Å²) < 4.78 is 1.78. The van der Waals surface area contributed by atoms with Crippen molar-refractivity contribution >= 4 is 29.0 Å². The van der Waals surface area contributed by atoms with Crippen molar-refractivity contribution in [1.82, 2.24) is 9.78 Å². The minimum atomic E-state index is -0.358. The fraction of sp³-hybridized carbons (Fsp3) is 0.312. The predicted molar refractivity (Wildman–Crippen MR) is 90.7 cm³/mol. The molecule has 0 aliphatic carbocycles. The highest BCUT2D eigenvalue weighted by molar-refractivity contribution is 6.00. The van der Waals surface area contributed by atoms with Gasteiger partial charge in [0.25, 0.3) is 0 Å². The molecule has 0 aliphatic heterocycles. The van der Waals surface area contributed by atoms with Crippen molar-refractivity contribution in [2.75, 3.05) is 22.6 Å². The number of hydrogen-bond acceptors (Lipinski definition) is 3. The molecule has 0 atom stereocenters. The zero-order valence-corrected chi connectivity index (χ0v) is 13.5. The van der Waals surface area contributed by atoms with E-state index in [1.807, 2.05) is 0 Å². The Morgan fingerprint density at radius 2 is 2.00 bits per heavy atom. The Hall–Kier alpha value is -2.83. The van der Waals surface area contributed by atoms with Crippen molar-refractivity contribution in [3.63, 3.8) is 0 Å². The van der Waals surface area contributed by atoms with Gasteiger partial charge in [-0.15, -0.1) is 0 Å². The summed E-state index contributed by atoms with van der Waals surface area (Å²) in [6.45, 7) is 4.36. The van der Waals surface area contributed by atoms with Crippen LogP contribution in [0.3, 0.4) is 0 Å². The molecule has 1 aromatic carbocycles. The van der Waals surface area contributed by atoms with Gasteiger partial charge in [0.2, 0.25) is 5.91 Å². The van der Waals surface area contributed by atoms with Gasteiger partial charge in [-0.3, -0.25) is 9.48 Å². The van der Waals surface area contributed by atoms with Crippen LogP contribution >= 0.6 is 0 Å². The number of aromatic nitrogens is 2. The van der Waals surface area contributed by atoms with E-state index in [9.17, 15) is 9.59 Å². The molecule has 7 heteroatoms. The van der Waals surface area contributed by atoms with Gasteiger partial charge in [0.15, 0.2) is 0 Å². The van der Waals surface area contributed by atoms with Crippen LogP contribution in [0.15, 0.2) is 36.7 Å². The first-order valence-electron chi connectivity index (χ1n) is 7.44. The van der Waals surface area contributed by atoms with Crippen LogP contribution in [0.1, 0.15) is 20.3 Å². The van der Waals surface area contributed by atoms with Crippen LogP contribution in [0.5, 0.6) is 0 Å². The number of benzene rings is 1. The molecule has 0 saturated carbocycles. The molecule has 0 saturated heterocycles. The lowest BCUT2D eigenvalue weighted by Crippen LogP contribution is -2.23. The zero-order valence-electron chi connectivity index (χ0n) is 13.5. The van der Waals surface area contributed by atoms with Gasteiger partial charge < -0.3 is 15.5 Å². The summed E-state index contributed by atoms with van der Waals surface area (Å²) in [6, 6.07) is 6.73. The molecule has 1 heterocycles. The topological polar surface area (TPSA) is 79.3 Å². The van der Waals surface area contributed by atoms with Gasteiger partial charge in [-0.2, -0.15) is 5.10 Å². The summed E-state index contributed by atoms with van der Waals surface area (Å²) in [5.74, 6) is -0.0741. The third-order valence-electron chi connectivity index (χ3n) is 3.31. The highest BCUT2D eigenvalue weighted by atomic mass is 16.2. The second kappa shape index (κ2) is 7.44.